The van der Waals surface area contributed by atoms with Gasteiger partial charge in [0.1, 0.15) is 0 Å². The van der Waals surface area contributed by atoms with E-state index in [9.17, 15) is 8.42 Å². The molecule has 0 spiro atoms. The smallest absolute Gasteiger partial charge is 0.261 e. The maximum absolute atomic E-state index is 9.19. The van der Waals surface area contributed by atoms with Gasteiger partial charge < -0.3 is 5.73 Å². The third-order valence-electron chi connectivity index (χ3n) is 0.769. The van der Waals surface area contributed by atoms with Crippen LogP contribution >= 0.6 is 0 Å². The molecule has 0 fully saturated rings. The minimum absolute atomic E-state index is 0.131. The van der Waals surface area contributed by atoms with Crippen molar-refractivity contribution in [3.63, 3.8) is 0 Å². The molecule has 0 radical (unpaired) electrons. The Balaban J connectivity index is 0.000000252. The first-order valence-electron chi connectivity index (χ1n) is 3.22. The highest BCUT2D eigenvalue weighted by Gasteiger charge is 2.01. The van der Waals surface area contributed by atoms with Gasteiger partial charge in [-0.2, -0.15) is 13.6 Å². The lowest BCUT2D eigenvalue weighted by Gasteiger charge is -1.91. The Labute approximate surface area is 75.3 Å². The van der Waals surface area contributed by atoms with Gasteiger partial charge in [-0.15, -0.1) is 10.2 Å². The topological polar surface area (TPSA) is 135 Å². The van der Waals surface area contributed by atoms with Crippen LogP contribution in [0.1, 0.15) is 18.8 Å². The van der Waals surface area contributed by atoms with Gasteiger partial charge >= 0.3 is 0 Å². The van der Waals surface area contributed by atoms with Gasteiger partial charge in [0.2, 0.25) is 0 Å². The second-order valence-electron chi connectivity index (χ2n) is 2.29. The molecule has 0 saturated carbocycles. The molecule has 0 aromatic carbocycles. The average Bonchev–Trinajstić information content (AvgIpc) is 2.31. The molecule has 1 heterocycles. The summed E-state index contributed by atoms with van der Waals surface area (Å²) in [4.78, 5) is 0. The molecule has 9 heteroatoms. The number of nitrogens with two attached hydrogens (primary N) is 1. The number of rotatable bonds is 1. The Morgan fingerprint density at radius 3 is 2.23 bits per heavy atom. The summed E-state index contributed by atoms with van der Waals surface area (Å²) in [6, 6.07) is -0.131. The molecule has 1 aromatic rings. The van der Waals surface area contributed by atoms with Crippen molar-refractivity contribution in [2.24, 2.45) is 5.73 Å². The molecule has 13 heavy (non-hydrogen) atoms. The lowest BCUT2D eigenvalue weighted by molar-refractivity contribution is 0.490. The highest BCUT2D eigenvalue weighted by Crippen LogP contribution is 1.95. The first-order valence-corrected chi connectivity index (χ1v) is 5.07. The van der Waals surface area contributed by atoms with Crippen LogP contribution in [0, 0.1) is 0 Å². The Bertz CT molecular complexity index is 310. The first-order chi connectivity index (χ1) is 5.80. The summed E-state index contributed by atoms with van der Waals surface area (Å²) in [5.41, 5.74) is 5.37. The van der Waals surface area contributed by atoms with Crippen LogP contribution in [0.3, 0.4) is 0 Å². The molecule has 0 aliphatic heterocycles. The fraction of sp³-hybridized carbons (Fsp3) is 0.750. The van der Waals surface area contributed by atoms with Crippen LogP contribution in [0.2, 0.25) is 0 Å². The summed E-state index contributed by atoms with van der Waals surface area (Å²) in [5.74, 6) is 0.546. The number of nitrogens with one attached hydrogen (secondary N) is 1. The lowest BCUT2D eigenvalue weighted by Crippen LogP contribution is -2.06. The SMILES string of the molecule is CC(N)c1nn[nH]n1.CS(=O)(=O)O. The fourth-order valence-electron chi connectivity index (χ4n) is 0.362. The summed E-state index contributed by atoms with van der Waals surface area (Å²) in [6.45, 7) is 1.80. The molecule has 0 amide bonds. The maximum Gasteiger partial charge on any atom is 0.261 e. The van der Waals surface area contributed by atoms with Crippen molar-refractivity contribution in [3.05, 3.63) is 5.82 Å². The van der Waals surface area contributed by atoms with Crippen LogP contribution in [-0.2, 0) is 10.1 Å². The summed E-state index contributed by atoms with van der Waals surface area (Å²) in [7, 11) is -3.67. The molecular formula is C4H11N5O3S. The second kappa shape index (κ2) is 4.84. The van der Waals surface area contributed by atoms with Crippen molar-refractivity contribution in [3.8, 4) is 0 Å². The Kier molecular flexibility index (Phi) is 4.45. The van der Waals surface area contributed by atoms with Gasteiger partial charge in [-0.05, 0) is 6.92 Å². The molecular weight excluding hydrogens is 198 g/mol. The van der Waals surface area contributed by atoms with Gasteiger partial charge in [-0.1, -0.05) is 5.21 Å². The molecule has 1 unspecified atom stereocenters. The van der Waals surface area contributed by atoms with Crippen LogP contribution in [0.5, 0.6) is 0 Å². The molecule has 1 rings (SSSR count). The van der Waals surface area contributed by atoms with Crippen LogP contribution in [-0.4, -0.2) is 39.9 Å². The zero-order valence-corrected chi connectivity index (χ0v) is 7.98. The number of H-pyrrole nitrogens is 1. The number of aromatic amines is 1. The van der Waals surface area contributed by atoms with Crippen molar-refractivity contribution in [2.75, 3.05) is 6.26 Å². The summed E-state index contributed by atoms with van der Waals surface area (Å²) < 4.78 is 25.9. The van der Waals surface area contributed by atoms with E-state index in [0.29, 0.717) is 12.1 Å². The number of tetrazole rings is 1. The largest absolute Gasteiger partial charge is 0.321 e. The molecule has 0 aliphatic carbocycles. The number of hydrogen-bond acceptors (Lipinski definition) is 6. The monoisotopic (exact) mass is 209 g/mol. The predicted octanol–water partition coefficient (Wildman–Crippen LogP) is -1.28. The zero-order valence-electron chi connectivity index (χ0n) is 7.17. The number of nitrogens with zero attached hydrogens (tertiary/aromatic N) is 3. The average molecular weight is 209 g/mol. The predicted molar refractivity (Wildman–Crippen MR) is 44.3 cm³/mol. The third-order valence-corrected chi connectivity index (χ3v) is 0.769. The van der Waals surface area contributed by atoms with Crippen molar-refractivity contribution in [1.29, 1.82) is 0 Å². The van der Waals surface area contributed by atoms with E-state index in [1.54, 1.807) is 6.92 Å². The van der Waals surface area contributed by atoms with E-state index in [2.05, 4.69) is 20.6 Å². The van der Waals surface area contributed by atoms with Gasteiger partial charge in [-0.25, -0.2) is 0 Å². The summed E-state index contributed by atoms with van der Waals surface area (Å²) >= 11 is 0. The third kappa shape index (κ3) is 8.85. The van der Waals surface area contributed by atoms with Crippen molar-refractivity contribution >= 4 is 10.1 Å². The second-order valence-corrected chi connectivity index (χ2v) is 3.76. The van der Waals surface area contributed by atoms with E-state index < -0.39 is 10.1 Å². The molecule has 0 aliphatic rings. The number of hydrogen-bond donors (Lipinski definition) is 3. The maximum atomic E-state index is 9.19. The van der Waals surface area contributed by atoms with Gasteiger partial charge in [0.15, 0.2) is 5.82 Å². The van der Waals surface area contributed by atoms with Crippen LogP contribution < -0.4 is 5.73 Å². The quantitative estimate of drug-likeness (QED) is 0.490. The van der Waals surface area contributed by atoms with E-state index in [4.69, 9.17) is 10.3 Å². The minimum Gasteiger partial charge on any atom is -0.321 e. The van der Waals surface area contributed by atoms with Crippen LogP contribution in [0.4, 0.5) is 0 Å². The molecule has 0 bridgehead atoms. The van der Waals surface area contributed by atoms with E-state index in [0.717, 1.165) is 0 Å². The van der Waals surface area contributed by atoms with Crippen LogP contribution in [0.15, 0.2) is 0 Å². The zero-order chi connectivity index (χ0) is 10.5. The van der Waals surface area contributed by atoms with Gasteiger partial charge in [0.05, 0.1) is 12.3 Å². The van der Waals surface area contributed by atoms with Crippen molar-refractivity contribution in [2.45, 2.75) is 13.0 Å². The highest BCUT2D eigenvalue weighted by atomic mass is 32.2. The molecule has 1 atom stereocenters. The molecule has 0 saturated heterocycles. The van der Waals surface area contributed by atoms with Crippen molar-refractivity contribution in [1.82, 2.24) is 20.6 Å². The van der Waals surface area contributed by atoms with Crippen molar-refractivity contribution < 1.29 is 13.0 Å². The Morgan fingerprint density at radius 1 is 1.62 bits per heavy atom. The van der Waals surface area contributed by atoms with E-state index in [1.807, 2.05) is 0 Å². The van der Waals surface area contributed by atoms with E-state index in [1.165, 1.54) is 0 Å². The molecule has 4 N–H and O–H groups in total. The standard InChI is InChI=1S/C3H7N5.CH4O3S/c1-2(4)3-5-7-8-6-3;1-5(2,3)4/h2H,4H2,1H3,(H,5,6,7,8);1H3,(H,2,3,4). The molecule has 1 aromatic heterocycles. The van der Waals surface area contributed by atoms with Crippen LogP contribution in [0.25, 0.3) is 0 Å². The normalized spacial score (nSPS) is 12.9. The first kappa shape index (κ1) is 11.9. The minimum atomic E-state index is -3.67. The summed E-state index contributed by atoms with van der Waals surface area (Å²) in [6.07, 6.45) is 0.715. The van der Waals surface area contributed by atoms with E-state index in [-0.39, 0.29) is 6.04 Å². The summed E-state index contributed by atoms with van der Waals surface area (Å²) in [5, 5.41) is 12.9. The van der Waals surface area contributed by atoms with Gasteiger partial charge in [0.25, 0.3) is 10.1 Å². The van der Waals surface area contributed by atoms with Gasteiger partial charge in [-0.3, -0.25) is 4.55 Å². The Morgan fingerprint density at radius 2 is 2.08 bits per heavy atom. The number of aromatic nitrogens is 4. The Hall–Kier alpha value is -1.06. The lowest BCUT2D eigenvalue weighted by atomic mass is 10.4. The van der Waals surface area contributed by atoms with Gasteiger partial charge in [0, 0.05) is 0 Å². The molecule has 76 valence electrons. The van der Waals surface area contributed by atoms with E-state index >= 15 is 0 Å². The fourth-order valence-corrected chi connectivity index (χ4v) is 0.362. The highest BCUT2D eigenvalue weighted by molar-refractivity contribution is 7.85. The molecule has 8 nitrogen and oxygen atoms in total.